The number of carboxylic acids is 2. The number of aromatic hydroxyl groups is 1. The third-order valence-electron chi connectivity index (χ3n) is 10.3. The highest BCUT2D eigenvalue weighted by atomic mass is 35.5. The molecule has 0 spiro atoms. The first kappa shape index (κ1) is 44.4. The smallest absolute Gasteiger partial charge is 0.327 e. The Bertz CT molecular complexity index is 2800. The molecular formula is C43H40ClN7O10S2. The lowest BCUT2D eigenvalue weighted by molar-refractivity contribution is -0.142. The Morgan fingerprint density at radius 2 is 1.46 bits per heavy atom. The van der Waals surface area contributed by atoms with Crippen molar-refractivity contribution in [3.8, 4) is 5.75 Å². The SMILES string of the molecule is CC(=O)N[C@@H](CC(=O)O)C(=O)N[C@@H](CSSCCC(=O)Nc1ccc2[nH]c(C(=O)Nc3ccc4[nH]c(C(=O)N5CC(CCl)c6c5cc(O)c5ccccc65)cc4c3)cc2c1)C(=O)O. The number of rotatable bonds is 17. The fraction of sp³-hybridized carbons (Fsp3) is 0.233. The van der Waals surface area contributed by atoms with Gasteiger partial charge in [-0.1, -0.05) is 45.9 Å². The van der Waals surface area contributed by atoms with Gasteiger partial charge in [0.05, 0.1) is 12.1 Å². The third-order valence-corrected chi connectivity index (χ3v) is 13.0. The van der Waals surface area contributed by atoms with Gasteiger partial charge in [0, 0.05) is 87.8 Å². The Morgan fingerprint density at radius 3 is 2.11 bits per heavy atom. The summed E-state index contributed by atoms with van der Waals surface area (Å²) in [5.74, 6) is -4.82. The number of alkyl halides is 1. The van der Waals surface area contributed by atoms with Crippen LogP contribution in [-0.4, -0.2) is 103 Å². The Morgan fingerprint density at radius 1 is 0.810 bits per heavy atom. The van der Waals surface area contributed by atoms with Gasteiger partial charge >= 0.3 is 11.9 Å². The number of halogens is 1. The molecule has 326 valence electrons. The lowest BCUT2D eigenvalue weighted by Gasteiger charge is -2.19. The van der Waals surface area contributed by atoms with Crippen LogP contribution >= 0.6 is 33.2 Å². The molecule has 3 heterocycles. The number of aromatic amines is 2. The van der Waals surface area contributed by atoms with E-state index in [1.807, 2.05) is 24.3 Å². The number of phenols is 1. The molecule has 0 radical (unpaired) electrons. The van der Waals surface area contributed by atoms with E-state index in [2.05, 4.69) is 31.2 Å². The Hall–Kier alpha value is -6.70. The molecule has 1 unspecified atom stereocenters. The van der Waals surface area contributed by atoms with Gasteiger partial charge in [0.25, 0.3) is 11.8 Å². The van der Waals surface area contributed by atoms with Gasteiger partial charge in [-0.25, -0.2) is 4.79 Å². The van der Waals surface area contributed by atoms with Gasteiger partial charge in [-0.3, -0.25) is 28.8 Å². The van der Waals surface area contributed by atoms with Gasteiger partial charge in [0.2, 0.25) is 17.7 Å². The monoisotopic (exact) mass is 913 g/mol. The van der Waals surface area contributed by atoms with Gasteiger partial charge < -0.3 is 51.5 Å². The van der Waals surface area contributed by atoms with Crippen LogP contribution in [0.15, 0.2) is 78.9 Å². The zero-order chi connectivity index (χ0) is 44.9. The molecule has 5 amide bonds. The van der Waals surface area contributed by atoms with Crippen molar-refractivity contribution < 1.29 is 48.9 Å². The van der Waals surface area contributed by atoms with E-state index in [0.717, 1.165) is 28.7 Å². The summed E-state index contributed by atoms with van der Waals surface area (Å²) >= 11 is 6.38. The molecular weight excluding hydrogens is 874 g/mol. The van der Waals surface area contributed by atoms with Crippen LogP contribution in [0.1, 0.15) is 52.2 Å². The van der Waals surface area contributed by atoms with Crippen molar-refractivity contribution in [1.29, 1.82) is 0 Å². The second-order valence-electron chi connectivity index (χ2n) is 14.7. The van der Waals surface area contributed by atoms with E-state index >= 15 is 0 Å². The maximum Gasteiger partial charge on any atom is 0.327 e. The van der Waals surface area contributed by atoms with Crippen molar-refractivity contribution in [2.75, 3.05) is 39.5 Å². The molecule has 1 aliphatic rings. The number of carbonyl (C=O) groups excluding carboxylic acids is 5. The van der Waals surface area contributed by atoms with Crippen molar-refractivity contribution in [3.05, 3.63) is 95.8 Å². The average Bonchev–Trinajstić information content (AvgIpc) is 3.97. The molecule has 17 nitrogen and oxygen atoms in total. The number of nitrogens with one attached hydrogen (secondary N) is 6. The highest BCUT2D eigenvalue weighted by molar-refractivity contribution is 8.76. The average molecular weight is 914 g/mol. The maximum atomic E-state index is 13.9. The highest BCUT2D eigenvalue weighted by Crippen LogP contribution is 2.45. The molecule has 6 aromatic rings. The first-order valence-electron chi connectivity index (χ1n) is 19.4. The number of nitrogens with zero attached hydrogens (tertiary/aromatic N) is 1. The molecule has 0 saturated carbocycles. The lowest BCUT2D eigenvalue weighted by atomic mass is 9.95. The molecule has 0 fully saturated rings. The summed E-state index contributed by atoms with van der Waals surface area (Å²) in [6.07, 6.45) is -0.643. The van der Waals surface area contributed by atoms with Gasteiger partial charge in [-0.2, -0.15) is 0 Å². The van der Waals surface area contributed by atoms with E-state index in [0.29, 0.717) is 68.1 Å². The number of H-pyrrole nitrogens is 2. The van der Waals surface area contributed by atoms with E-state index in [9.17, 15) is 43.8 Å². The first-order chi connectivity index (χ1) is 30.2. The summed E-state index contributed by atoms with van der Waals surface area (Å²) < 4.78 is 0. The number of carboxylic acid groups (broad SMARTS) is 2. The number of amides is 5. The van der Waals surface area contributed by atoms with E-state index in [1.54, 1.807) is 59.5 Å². The van der Waals surface area contributed by atoms with Crippen molar-refractivity contribution in [2.45, 2.75) is 37.8 Å². The van der Waals surface area contributed by atoms with Crippen molar-refractivity contribution >= 4 is 124 Å². The molecule has 3 atom stereocenters. The number of aliphatic carboxylic acids is 2. The molecule has 9 N–H and O–H groups in total. The molecule has 63 heavy (non-hydrogen) atoms. The van der Waals surface area contributed by atoms with Crippen molar-refractivity contribution in [3.63, 3.8) is 0 Å². The summed E-state index contributed by atoms with van der Waals surface area (Å²) in [7, 11) is 2.31. The summed E-state index contributed by atoms with van der Waals surface area (Å²) in [5.41, 5.74) is 4.46. The predicted octanol–water partition coefficient (Wildman–Crippen LogP) is 6.00. The van der Waals surface area contributed by atoms with Gasteiger partial charge in [0.15, 0.2) is 0 Å². The number of phenolic OH excluding ortho intramolecular Hbond substituents is 1. The minimum Gasteiger partial charge on any atom is -0.507 e. The molecule has 0 bridgehead atoms. The number of aromatic nitrogens is 2. The van der Waals surface area contributed by atoms with Crippen LogP contribution in [-0.2, 0) is 24.0 Å². The van der Waals surface area contributed by atoms with Crippen LogP contribution in [0.2, 0.25) is 0 Å². The van der Waals surface area contributed by atoms with Crippen LogP contribution in [0, 0.1) is 0 Å². The third kappa shape index (κ3) is 10.2. The van der Waals surface area contributed by atoms with Crippen LogP contribution in [0.25, 0.3) is 32.6 Å². The van der Waals surface area contributed by atoms with Gasteiger partial charge in [-0.05, 0) is 59.5 Å². The van der Waals surface area contributed by atoms with Crippen molar-refractivity contribution in [1.82, 2.24) is 20.6 Å². The number of hydrogen-bond donors (Lipinski definition) is 9. The Balaban J connectivity index is 0.918. The lowest BCUT2D eigenvalue weighted by Crippen LogP contribution is -2.52. The molecule has 1 aliphatic heterocycles. The molecule has 2 aromatic heterocycles. The van der Waals surface area contributed by atoms with E-state index < -0.39 is 48.2 Å². The number of anilines is 3. The first-order valence-corrected chi connectivity index (χ1v) is 22.5. The zero-order valence-electron chi connectivity index (χ0n) is 33.3. The minimum atomic E-state index is -1.44. The van der Waals surface area contributed by atoms with Gasteiger partial charge in [0.1, 0.15) is 29.2 Å². The maximum absolute atomic E-state index is 13.9. The molecule has 0 aliphatic carbocycles. The summed E-state index contributed by atoms with van der Waals surface area (Å²) in [4.78, 5) is 94.5. The van der Waals surface area contributed by atoms with Gasteiger partial charge in [-0.15, -0.1) is 11.6 Å². The van der Waals surface area contributed by atoms with E-state index in [-0.39, 0.29) is 41.3 Å². The van der Waals surface area contributed by atoms with Crippen LogP contribution < -0.4 is 26.2 Å². The number of benzene rings is 4. The summed E-state index contributed by atoms with van der Waals surface area (Å²) in [5, 5.41) is 42.4. The fourth-order valence-corrected chi connectivity index (χ4v) is 9.75. The number of carbonyl (C=O) groups is 7. The van der Waals surface area contributed by atoms with E-state index in [4.69, 9.17) is 16.7 Å². The predicted molar refractivity (Wildman–Crippen MR) is 243 cm³/mol. The standard InChI is InChI=1S/C43H40ClN7O10S2/c1-21(52)45-32(16-38(55)56)41(58)50-34(43(60)61)20-63-62-11-10-37(54)46-25-6-8-29-22(12-25)14-31(48-29)40(57)47-26-7-9-30-23(13-26)15-33(49-30)42(59)51-19-24(18-44)39-28-5-3-2-4-27(28)36(53)17-35(39)51/h2-9,12-15,17,24,32,34,48-49,53H,10-11,16,18-20H2,1H3,(H,45,52)(H,46,54)(H,47,57)(H,50,58)(H,55,56)(H,60,61)/t24?,32-,34-/m0/s1. The summed E-state index contributed by atoms with van der Waals surface area (Å²) in [6.45, 7) is 1.46. The quantitative estimate of drug-likeness (QED) is 0.0290. The van der Waals surface area contributed by atoms with Crippen LogP contribution in [0.3, 0.4) is 0 Å². The molecule has 0 saturated heterocycles. The topological polar surface area (TPSA) is 263 Å². The van der Waals surface area contributed by atoms with Crippen LogP contribution in [0.5, 0.6) is 5.75 Å². The normalized spacial score (nSPS) is 14.3. The fourth-order valence-electron chi connectivity index (χ4n) is 7.36. The second-order valence-corrected chi connectivity index (χ2v) is 17.7. The number of fused-ring (bicyclic) bond motifs is 5. The largest absolute Gasteiger partial charge is 0.507 e. The van der Waals surface area contributed by atoms with Crippen LogP contribution in [0.4, 0.5) is 17.1 Å². The second kappa shape index (κ2) is 19.1. The Labute approximate surface area is 371 Å². The summed E-state index contributed by atoms with van der Waals surface area (Å²) in [6, 6.07) is 20.0. The zero-order valence-corrected chi connectivity index (χ0v) is 35.7. The van der Waals surface area contributed by atoms with Crippen molar-refractivity contribution in [2.24, 2.45) is 0 Å². The molecule has 4 aromatic carbocycles. The molecule has 20 heteroatoms. The Kier molecular flexibility index (Phi) is 13.5. The minimum absolute atomic E-state index is 0.0770. The number of hydrogen-bond acceptors (Lipinski definition) is 10. The molecule has 7 rings (SSSR count). The highest BCUT2D eigenvalue weighted by Gasteiger charge is 2.35. The van der Waals surface area contributed by atoms with E-state index in [1.165, 1.54) is 10.8 Å².